The number of aliphatic hydroxyl groups is 1. The van der Waals surface area contributed by atoms with Gasteiger partial charge in [0.25, 0.3) is 0 Å². The molecule has 2 aliphatic rings. The van der Waals surface area contributed by atoms with Gasteiger partial charge in [0.1, 0.15) is 0 Å². The summed E-state index contributed by atoms with van der Waals surface area (Å²) in [6.07, 6.45) is 5.41. The van der Waals surface area contributed by atoms with E-state index >= 15 is 0 Å². The SMILES string of the molecule is OC1CCC(CNC2CCNCc3ccccc32)CC1. The van der Waals surface area contributed by atoms with E-state index in [-0.39, 0.29) is 6.10 Å². The predicted molar refractivity (Wildman–Crippen MR) is 81.5 cm³/mol. The predicted octanol–water partition coefficient (Wildman–Crippen LogP) is 2.36. The molecular weight excluding hydrogens is 248 g/mol. The van der Waals surface area contributed by atoms with Crippen molar-refractivity contribution in [1.29, 1.82) is 0 Å². The maximum Gasteiger partial charge on any atom is 0.0540 e. The lowest BCUT2D eigenvalue weighted by atomic mass is 9.87. The minimum Gasteiger partial charge on any atom is -0.393 e. The third-order valence-corrected chi connectivity index (χ3v) is 4.82. The fourth-order valence-corrected chi connectivity index (χ4v) is 3.53. The van der Waals surface area contributed by atoms with E-state index in [0.717, 1.165) is 44.8 Å². The summed E-state index contributed by atoms with van der Waals surface area (Å²) in [4.78, 5) is 0. The van der Waals surface area contributed by atoms with Gasteiger partial charge in [-0.1, -0.05) is 24.3 Å². The molecule has 110 valence electrons. The molecule has 1 unspecified atom stereocenters. The molecule has 1 heterocycles. The molecule has 3 nitrogen and oxygen atoms in total. The van der Waals surface area contributed by atoms with Crippen LogP contribution in [0.3, 0.4) is 0 Å². The van der Waals surface area contributed by atoms with E-state index in [9.17, 15) is 5.11 Å². The van der Waals surface area contributed by atoms with Gasteiger partial charge >= 0.3 is 0 Å². The average Bonchev–Trinajstić information content (AvgIpc) is 2.69. The van der Waals surface area contributed by atoms with Gasteiger partial charge in [-0.3, -0.25) is 0 Å². The first-order valence-electron chi connectivity index (χ1n) is 8.03. The average molecular weight is 274 g/mol. The molecule has 20 heavy (non-hydrogen) atoms. The smallest absolute Gasteiger partial charge is 0.0540 e. The van der Waals surface area contributed by atoms with Crippen LogP contribution < -0.4 is 10.6 Å². The number of hydrogen-bond acceptors (Lipinski definition) is 3. The van der Waals surface area contributed by atoms with E-state index in [1.54, 1.807) is 0 Å². The Morgan fingerprint density at radius 2 is 1.90 bits per heavy atom. The lowest BCUT2D eigenvalue weighted by Gasteiger charge is -2.28. The van der Waals surface area contributed by atoms with Crippen LogP contribution in [0.15, 0.2) is 24.3 Å². The highest BCUT2D eigenvalue weighted by atomic mass is 16.3. The zero-order valence-electron chi connectivity index (χ0n) is 12.1. The van der Waals surface area contributed by atoms with Crippen molar-refractivity contribution in [1.82, 2.24) is 10.6 Å². The van der Waals surface area contributed by atoms with Crippen LogP contribution in [-0.4, -0.2) is 24.3 Å². The minimum absolute atomic E-state index is 0.0472. The van der Waals surface area contributed by atoms with Crippen molar-refractivity contribution < 1.29 is 5.11 Å². The molecule has 1 saturated carbocycles. The summed E-state index contributed by atoms with van der Waals surface area (Å²) < 4.78 is 0. The standard InChI is InChI=1S/C17H26N2O/c20-15-7-5-13(6-8-15)11-19-17-9-10-18-12-14-3-1-2-4-16(14)17/h1-4,13,15,17-20H,5-12H2. The number of aliphatic hydroxyl groups excluding tert-OH is 1. The van der Waals surface area contributed by atoms with Crippen LogP contribution >= 0.6 is 0 Å². The summed E-state index contributed by atoms with van der Waals surface area (Å²) in [6.45, 7) is 3.16. The number of hydrogen-bond donors (Lipinski definition) is 3. The van der Waals surface area contributed by atoms with Gasteiger partial charge in [-0.2, -0.15) is 0 Å². The highest BCUT2D eigenvalue weighted by Crippen LogP contribution is 2.27. The first-order valence-corrected chi connectivity index (χ1v) is 8.03. The van der Waals surface area contributed by atoms with Crippen LogP contribution in [0.5, 0.6) is 0 Å². The van der Waals surface area contributed by atoms with Crippen molar-refractivity contribution >= 4 is 0 Å². The topological polar surface area (TPSA) is 44.3 Å². The van der Waals surface area contributed by atoms with Crippen LogP contribution in [0.1, 0.15) is 49.3 Å². The van der Waals surface area contributed by atoms with Crippen LogP contribution in [0.4, 0.5) is 0 Å². The summed E-state index contributed by atoms with van der Waals surface area (Å²) >= 11 is 0. The largest absolute Gasteiger partial charge is 0.393 e. The van der Waals surface area contributed by atoms with Gasteiger partial charge in [0.05, 0.1) is 6.10 Å². The fraction of sp³-hybridized carbons (Fsp3) is 0.647. The van der Waals surface area contributed by atoms with Crippen molar-refractivity contribution in [3.8, 4) is 0 Å². The first-order chi connectivity index (χ1) is 9.83. The third-order valence-electron chi connectivity index (χ3n) is 4.82. The zero-order valence-corrected chi connectivity index (χ0v) is 12.1. The van der Waals surface area contributed by atoms with Gasteiger partial charge in [-0.15, -0.1) is 0 Å². The van der Waals surface area contributed by atoms with Gasteiger partial charge in [0, 0.05) is 12.6 Å². The van der Waals surface area contributed by atoms with Gasteiger partial charge < -0.3 is 15.7 Å². The van der Waals surface area contributed by atoms with Gasteiger partial charge in [-0.05, 0) is 62.2 Å². The second kappa shape index (κ2) is 6.70. The zero-order chi connectivity index (χ0) is 13.8. The number of benzene rings is 1. The Balaban J connectivity index is 1.59. The van der Waals surface area contributed by atoms with Gasteiger partial charge in [0.2, 0.25) is 0 Å². The molecule has 3 N–H and O–H groups in total. The van der Waals surface area contributed by atoms with Crippen LogP contribution in [0.25, 0.3) is 0 Å². The molecule has 0 aromatic heterocycles. The van der Waals surface area contributed by atoms with Crippen molar-refractivity contribution in [2.75, 3.05) is 13.1 Å². The molecule has 0 bridgehead atoms. The quantitative estimate of drug-likeness (QED) is 0.793. The number of nitrogens with one attached hydrogen (secondary N) is 2. The molecule has 1 aliphatic heterocycles. The molecule has 0 amide bonds. The Kier molecular flexibility index (Phi) is 4.71. The van der Waals surface area contributed by atoms with E-state index < -0.39 is 0 Å². The minimum atomic E-state index is -0.0472. The summed E-state index contributed by atoms with van der Waals surface area (Å²) in [5.41, 5.74) is 2.90. The molecule has 0 saturated heterocycles. The summed E-state index contributed by atoms with van der Waals surface area (Å²) in [7, 11) is 0. The molecule has 1 aliphatic carbocycles. The third kappa shape index (κ3) is 3.40. The molecule has 1 fully saturated rings. The number of rotatable bonds is 3. The highest BCUT2D eigenvalue weighted by molar-refractivity contribution is 5.31. The van der Waals surface area contributed by atoms with Crippen molar-refractivity contribution in [3.63, 3.8) is 0 Å². The summed E-state index contributed by atoms with van der Waals surface area (Å²) in [5.74, 6) is 0.738. The van der Waals surface area contributed by atoms with Crippen LogP contribution in [-0.2, 0) is 6.54 Å². The maximum absolute atomic E-state index is 9.58. The Bertz CT molecular complexity index is 427. The second-order valence-corrected chi connectivity index (χ2v) is 6.30. The van der Waals surface area contributed by atoms with Gasteiger partial charge in [-0.25, -0.2) is 0 Å². The highest BCUT2D eigenvalue weighted by Gasteiger charge is 2.22. The molecule has 3 heteroatoms. The van der Waals surface area contributed by atoms with E-state index in [4.69, 9.17) is 0 Å². The summed E-state index contributed by atoms with van der Waals surface area (Å²) in [6, 6.07) is 9.26. The monoisotopic (exact) mass is 274 g/mol. The van der Waals surface area contributed by atoms with Crippen molar-refractivity contribution in [2.45, 2.75) is 50.8 Å². The fourth-order valence-electron chi connectivity index (χ4n) is 3.53. The molecule has 0 spiro atoms. The lowest BCUT2D eigenvalue weighted by molar-refractivity contribution is 0.107. The van der Waals surface area contributed by atoms with E-state index in [0.29, 0.717) is 6.04 Å². The second-order valence-electron chi connectivity index (χ2n) is 6.30. The number of fused-ring (bicyclic) bond motifs is 1. The van der Waals surface area contributed by atoms with E-state index in [2.05, 4.69) is 34.9 Å². The molecule has 1 aromatic rings. The Hall–Kier alpha value is -0.900. The van der Waals surface area contributed by atoms with Crippen LogP contribution in [0.2, 0.25) is 0 Å². The Morgan fingerprint density at radius 1 is 1.10 bits per heavy atom. The normalized spacial score (nSPS) is 30.6. The van der Waals surface area contributed by atoms with Gasteiger partial charge in [0.15, 0.2) is 0 Å². The molecule has 3 rings (SSSR count). The molecule has 1 aromatic carbocycles. The van der Waals surface area contributed by atoms with Crippen molar-refractivity contribution in [3.05, 3.63) is 35.4 Å². The maximum atomic E-state index is 9.58. The lowest BCUT2D eigenvalue weighted by Crippen LogP contribution is -2.31. The van der Waals surface area contributed by atoms with Crippen molar-refractivity contribution in [2.24, 2.45) is 5.92 Å². The molecule has 0 radical (unpaired) electrons. The first kappa shape index (κ1) is 14.1. The Morgan fingerprint density at radius 3 is 2.75 bits per heavy atom. The molecular formula is C17H26N2O. The Labute approximate surface area is 121 Å². The molecule has 1 atom stereocenters. The van der Waals surface area contributed by atoms with Crippen LogP contribution in [0, 0.1) is 5.92 Å². The van der Waals surface area contributed by atoms with E-state index in [1.807, 2.05) is 0 Å². The van der Waals surface area contributed by atoms with E-state index in [1.165, 1.54) is 24.0 Å². The summed E-state index contributed by atoms with van der Waals surface area (Å²) in [5, 5.41) is 16.9.